The van der Waals surface area contributed by atoms with E-state index in [2.05, 4.69) is 25.5 Å². The van der Waals surface area contributed by atoms with Gasteiger partial charge >= 0.3 is 11.9 Å². The monoisotopic (exact) mass is 730 g/mol. The lowest BCUT2D eigenvalue weighted by Gasteiger charge is -2.49. The number of nitrogens with one attached hydrogen (secondary N) is 1. The second-order valence-corrected chi connectivity index (χ2v) is 14.4. The number of rotatable bonds is 9. The molecule has 1 fully saturated rings. The van der Waals surface area contributed by atoms with Crippen LogP contribution in [0.3, 0.4) is 0 Å². The Morgan fingerprint density at radius 2 is 1.92 bits per heavy atom. The highest BCUT2D eigenvalue weighted by molar-refractivity contribution is 8.02. The minimum Gasteiger partial charge on any atom is -0.504 e. The molecule has 0 saturated carbocycles. The molecule has 21 heteroatoms. The van der Waals surface area contributed by atoms with Crippen molar-refractivity contribution >= 4 is 85.8 Å². The van der Waals surface area contributed by atoms with E-state index in [-0.39, 0.29) is 44.7 Å². The predicted molar refractivity (Wildman–Crippen MR) is 175 cm³/mol. The number of carboxylic acids is 1. The van der Waals surface area contributed by atoms with E-state index >= 15 is 0 Å². The summed E-state index contributed by atoms with van der Waals surface area (Å²) < 4.78 is 1.66. The summed E-state index contributed by atoms with van der Waals surface area (Å²) in [4.78, 5) is 78.8. The van der Waals surface area contributed by atoms with Crippen LogP contribution in [-0.2, 0) is 19.2 Å². The third-order valence-corrected chi connectivity index (χ3v) is 11.1. The molecule has 248 valence electrons. The van der Waals surface area contributed by atoms with Crippen LogP contribution in [0, 0.1) is 13.8 Å². The molecule has 2 atom stereocenters. The van der Waals surface area contributed by atoms with Gasteiger partial charge in [-0.2, -0.15) is 4.52 Å². The number of hydrogen-bond donors (Lipinski definition) is 5. The number of β-lactam (4-membered cyclic amide) rings is 1. The Labute approximate surface area is 285 Å². The van der Waals surface area contributed by atoms with Crippen LogP contribution < -0.4 is 16.6 Å². The van der Waals surface area contributed by atoms with Gasteiger partial charge in [0.2, 0.25) is 4.96 Å². The molecule has 0 spiro atoms. The van der Waals surface area contributed by atoms with Gasteiger partial charge < -0.3 is 31.2 Å². The van der Waals surface area contributed by atoms with Crippen molar-refractivity contribution in [1.29, 1.82) is 0 Å². The number of nitrogens with zero attached hydrogens (tertiary/aromatic N) is 6. The zero-order chi connectivity index (χ0) is 34.4. The smallest absolute Gasteiger partial charge is 0.366 e. The first kappa shape index (κ1) is 32.9. The zero-order valence-electron chi connectivity index (χ0n) is 24.6. The average Bonchev–Trinajstić information content (AvgIpc) is 3.65. The largest absolute Gasteiger partial charge is 0.504 e. The molecule has 17 nitrogen and oxygen atoms in total. The number of nitrogen functional groups attached to an aromatic ring is 1. The lowest BCUT2D eigenvalue weighted by Crippen LogP contribution is -2.71. The van der Waals surface area contributed by atoms with Gasteiger partial charge in [-0.25, -0.2) is 19.6 Å². The number of aryl methyl sites for hydroxylation is 2. The summed E-state index contributed by atoms with van der Waals surface area (Å²) in [6.07, 6.45) is 0. The van der Waals surface area contributed by atoms with Crippen LogP contribution in [-0.4, -0.2) is 92.2 Å². The van der Waals surface area contributed by atoms with E-state index in [4.69, 9.17) is 10.6 Å². The molecule has 0 aliphatic carbocycles. The second-order valence-electron chi connectivity index (χ2n) is 10.3. The van der Waals surface area contributed by atoms with E-state index in [0.29, 0.717) is 20.6 Å². The number of fused-ring (bicyclic) bond motifs is 2. The Balaban J connectivity index is 1.19. The summed E-state index contributed by atoms with van der Waals surface area (Å²) in [5.74, 6) is -4.65. The molecular weight excluding hydrogens is 709 g/mol. The van der Waals surface area contributed by atoms with Crippen LogP contribution in [0.1, 0.15) is 27.3 Å². The quantitative estimate of drug-likeness (QED) is 0.0407. The molecule has 1 saturated heterocycles. The van der Waals surface area contributed by atoms with Gasteiger partial charge in [0.1, 0.15) is 22.8 Å². The van der Waals surface area contributed by atoms with Crippen LogP contribution in [0.4, 0.5) is 5.13 Å². The summed E-state index contributed by atoms with van der Waals surface area (Å²) in [7, 11) is 0. The number of benzene rings is 1. The fourth-order valence-electron chi connectivity index (χ4n) is 4.75. The van der Waals surface area contributed by atoms with Crippen LogP contribution >= 0.6 is 46.2 Å². The van der Waals surface area contributed by atoms with Gasteiger partial charge in [0.15, 0.2) is 26.7 Å². The Bertz CT molecular complexity index is 2160. The number of carbonyl (C=O) groups is 4. The third kappa shape index (κ3) is 6.19. The number of thiazole rings is 1. The molecule has 48 heavy (non-hydrogen) atoms. The van der Waals surface area contributed by atoms with Gasteiger partial charge in [0, 0.05) is 28.6 Å². The number of carbonyl (C=O) groups excluding carboxylic acids is 3. The number of oxime groups is 1. The van der Waals surface area contributed by atoms with E-state index in [1.54, 1.807) is 6.92 Å². The van der Waals surface area contributed by atoms with Crippen LogP contribution in [0.2, 0.25) is 0 Å². The number of amides is 2. The van der Waals surface area contributed by atoms with Crippen LogP contribution in [0.25, 0.3) is 4.96 Å². The summed E-state index contributed by atoms with van der Waals surface area (Å²) in [5.41, 5.74) is 5.75. The van der Waals surface area contributed by atoms with Gasteiger partial charge in [-0.1, -0.05) is 28.3 Å². The molecule has 4 aromatic rings. The van der Waals surface area contributed by atoms with Crippen molar-refractivity contribution in [2.45, 2.75) is 29.6 Å². The molecule has 1 aromatic carbocycles. The molecular formula is C27H22N8O9S4. The summed E-state index contributed by atoms with van der Waals surface area (Å²) in [6, 6.07) is 2.33. The third-order valence-electron chi connectivity index (χ3n) is 7.00. The molecule has 3 aromatic heterocycles. The molecule has 5 heterocycles. The minimum atomic E-state index is -1.32. The summed E-state index contributed by atoms with van der Waals surface area (Å²) in [6.45, 7) is 3.17. The number of phenolic OH excluding ortho intramolecular Hbond substituents is 2. The van der Waals surface area contributed by atoms with E-state index in [9.17, 15) is 39.3 Å². The fraction of sp³-hybridized carbons (Fsp3) is 0.222. The normalized spacial score (nSPS) is 17.7. The molecule has 0 radical (unpaired) electrons. The van der Waals surface area contributed by atoms with Crippen molar-refractivity contribution in [3.8, 4) is 11.5 Å². The highest BCUT2D eigenvalue weighted by Gasteiger charge is 2.54. The maximum atomic E-state index is 13.4. The lowest BCUT2D eigenvalue weighted by atomic mass is 10.0. The van der Waals surface area contributed by atoms with Gasteiger partial charge in [0.25, 0.3) is 17.4 Å². The number of phenols is 2. The first-order valence-corrected chi connectivity index (χ1v) is 17.3. The lowest BCUT2D eigenvalue weighted by molar-refractivity contribution is -0.150. The van der Waals surface area contributed by atoms with Crippen molar-refractivity contribution in [1.82, 2.24) is 29.8 Å². The first-order chi connectivity index (χ1) is 22.8. The second kappa shape index (κ2) is 12.9. The highest BCUT2D eigenvalue weighted by Crippen LogP contribution is 2.42. The maximum absolute atomic E-state index is 13.4. The topological polar surface area (TPSA) is 252 Å². The molecule has 6 N–H and O–H groups in total. The number of carboxylic acid groups (broad SMARTS) is 1. The van der Waals surface area contributed by atoms with Crippen molar-refractivity contribution in [3.05, 3.63) is 67.7 Å². The molecule has 0 unspecified atom stereocenters. The number of anilines is 1. The minimum absolute atomic E-state index is 0.0547. The summed E-state index contributed by atoms with van der Waals surface area (Å²) in [5, 5.41) is 40.7. The Kier molecular flexibility index (Phi) is 8.85. The van der Waals surface area contributed by atoms with E-state index in [1.807, 2.05) is 0 Å². The Morgan fingerprint density at radius 1 is 1.17 bits per heavy atom. The van der Waals surface area contributed by atoms with Gasteiger partial charge in [-0.05, 0) is 37.1 Å². The molecule has 0 bridgehead atoms. The number of aromatic nitrogens is 4. The molecule has 2 aliphatic rings. The van der Waals surface area contributed by atoms with Crippen molar-refractivity contribution in [3.63, 3.8) is 0 Å². The number of nitrogens with two attached hydrogens (primary N) is 1. The maximum Gasteiger partial charge on any atom is 0.366 e. The van der Waals surface area contributed by atoms with Gasteiger partial charge in [-0.15, -0.1) is 28.2 Å². The standard InChI is InChI=1S/C27H22N8O9S4/c1-9-3-14(36)15(37)5-12(9)24(43)44-33-17(13-8-46-25(28)30-13)20(39)31-18-21(40)34-19(23(41)42)11(6-45-22(18)34)7-47-27-32-35-16(38)4-10(2)29-26(35)48-27/h3-5,8,18,22,36-37H,6-7H2,1-2H3,(H2,28,30)(H,31,39)(H,41,42)/t18-,22-/m1/s1. The number of aromatic hydroxyl groups is 2. The van der Waals surface area contributed by atoms with Crippen molar-refractivity contribution in [2.24, 2.45) is 5.16 Å². The van der Waals surface area contributed by atoms with Crippen molar-refractivity contribution in [2.75, 3.05) is 17.2 Å². The van der Waals surface area contributed by atoms with E-state index in [0.717, 1.165) is 28.4 Å². The SMILES string of the molecule is Cc1cc(=O)n2nc(SCC3=C(C(=O)O)N4C(=O)[C@@H](NC(=O)C(=NOC(=O)c5cc(O)c(O)cc5C)c5csc(N)n5)[C@H]4SC3)sc2n1. The number of thioether (sulfide) groups is 2. The fourth-order valence-corrected chi connectivity index (χ4v) is 8.77. The van der Waals surface area contributed by atoms with Crippen LogP contribution in [0.5, 0.6) is 11.5 Å². The van der Waals surface area contributed by atoms with Crippen molar-refractivity contribution < 1.29 is 39.3 Å². The van der Waals surface area contributed by atoms with E-state index < -0.39 is 52.4 Å². The molecule has 2 amide bonds. The molecule has 2 aliphatic heterocycles. The zero-order valence-corrected chi connectivity index (χ0v) is 27.8. The van der Waals surface area contributed by atoms with Gasteiger partial charge in [0.05, 0.1) is 5.56 Å². The number of hydrogen-bond acceptors (Lipinski definition) is 17. The number of aliphatic carboxylic acids is 1. The first-order valence-electron chi connectivity index (χ1n) is 13.6. The summed E-state index contributed by atoms with van der Waals surface area (Å²) >= 11 is 4.61. The van der Waals surface area contributed by atoms with E-state index in [1.165, 1.54) is 57.7 Å². The Hall–Kier alpha value is -4.99. The van der Waals surface area contributed by atoms with Crippen LogP contribution in [0.15, 0.2) is 49.1 Å². The van der Waals surface area contributed by atoms with Gasteiger partial charge in [-0.3, -0.25) is 19.3 Å². The highest BCUT2D eigenvalue weighted by atomic mass is 32.2. The Morgan fingerprint density at radius 3 is 2.62 bits per heavy atom. The average molecular weight is 731 g/mol. The molecule has 6 rings (SSSR count). The predicted octanol–water partition coefficient (Wildman–Crippen LogP) is 1.31.